The number of ketones is 1. The molecule has 0 amide bonds. The van der Waals surface area contributed by atoms with E-state index in [0.717, 1.165) is 0 Å². The lowest BCUT2D eigenvalue weighted by Gasteiger charge is -2.01. The minimum Gasteiger partial charge on any atom is -0.324 e. The fourth-order valence-electron chi connectivity index (χ4n) is 0.692. The largest absolute Gasteiger partial charge is 0.325 e. The normalized spacial score (nSPS) is 11.5. The van der Waals surface area contributed by atoms with Crippen LogP contribution in [0.25, 0.3) is 0 Å². The lowest BCUT2D eigenvalue weighted by atomic mass is 10.2. The molecule has 0 rings (SSSR count). The van der Waals surface area contributed by atoms with Crippen LogP contribution in [-0.2, 0) is 9.36 Å². The van der Waals surface area contributed by atoms with Crippen molar-refractivity contribution in [3.8, 4) is 0 Å². The number of unbranched alkanes of at least 4 members (excludes halogenated alkanes) is 1. The zero-order chi connectivity index (χ0) is 8.91. The second-order valence-electron chi connectivity index (χ2n) is 2.55. The summed E-state index contributed by atoms with van der Waals surface area (Å²) in [7, 11) is -3.84. The fourth-order valence-corrected chi connectivity index (χ4v) is 1.33. The average molecular weight is 180 g/mol. The summed E-state index contributed by atoms with van der Waals surface area (Å²) in [5, 5.41) is 0. The van der Waals surface area contributed by atoms with Gasteiger partial charge in [0.05, 0.1) is 0 Å². The molecule has 0 aliphatic heterocycles. The highest BCUT2D eigenvalue weighted by Gasteiger charge is 2.11. The molecular formula is C6H13O4P. The van der Waals surface area contributed by atoms with Crippen LogP contribution in [0, 0.1) is 0 Å². The molecule has 0 bridgehead atoms. The second kappa shape index (κ2) is 4.65. The smallest absolute Gasteiger partial charge is 0.324 e. The molecule has 11 heavy (non-hydrogen) atoms. The van der Waals surface area contributed by atoms with Gasteiger partial charge in [0.1, 0.15) is 5.78 Å². The molecule has 5 heteroatoms. The van der Waals surface area contributed by atoms with Crippen molar-refractivity contribution in [3.63, 3.8) is 0 Å². The molecular weight excluding hydrogens is 167 g/mol. The summed E-state index contributed by atoms with van der Waals surface area (Å²) < 4.78 is 10.3. The lowest BCUT2D eigenvalue weighted by molar-refractivity contribution is -0.117. The first-order valence-electron chi connectivity index (χ1n) is 3.46. The molecule has 0 heterocycles. The molecule has 0 aliphatic carbocycles. The van der Waals surface area contributed by atoms with Crippen LogP contribution in [0.2, 0.25) is 0 Å². The predicted octanol–water partition coefficient (Wildman–Crippen LogP) is 0.923. The van der Waals surface area contributed by atoms with Crippen molar-refractivity contribution in [2.24, 2.45) is 0 Å². The molecule has 0 aromatic carbocycles. The maximum atomic E-state index is 10.4. The molecule has 66 valence electrons. The van der Waals surface area contributed by atoms with Crippen molar-refractivity contribution in [1.82, 2.24) is 0 Å². The molecule has 0 radical (unpaired) electrons. The first-order chi connectivity index (χ1) is 4.92. The third-order valence-electron chi connectivity index (χ3n) is 1.23. The van der Waals surface area contributed by atoms with Crippen molar-refractivity contribution in [2.45, 2.75) is 26.2 Å². The Morgan fingerprint density at radius 3 is 2.27 bits per heavy atom. The molecule has 0 saturated heterocycles. The highest BCUT2D eigenvalue weighted by atomic mass is 31.2. The topological polar surface area (TPSA) is 74.6 Å². The van der Waals surface area contributed by atoms with E-state index in [1.165, 1.54) is 6.92 Å². The van der Waals surface area contributed by atoms with E-state index >= 15 is 0 Å². The first-order valence-corrected chi connectivity index (χ1v) is 5.25. The van der Waals surface area contributed by atoms with Gasteiger partial charge in [-0.15, -0.1) is 0 Å². The minimum atomic E-state index is -3.84. The van der Waals surface area contributed by atoms with Crippen LogP contribution >= 0.6 is 7.60 Å². The second-order valence-corrected chi connectivity index (χ2v) is 4.32. The number of carbonyl (C=O) groups is 1. The van der Waals surface area contributed by atoms with Crippen molar-refractivity contribution in [3.05, 3.63) is 0 Å². The summed E-state index contributed by atoms with van der Waals surface area (Å²) in [6.45, 7) is 1.47. The van der Waals surface area contributed by atoms with E-state index in [9.17, 15) is 9.36 Å². The van der Waals surface area contributed by atoms with E-state index in [4.69, 9.17) is 9.79 Å². The van der Waals surface area contributed by atoms with Gasteiger partial charge in [-0.1, -0.05) is 0 Å². The minimum absolute atomic E-state index is 0.0655. The maximum absolute atomic E-state index is 10.4. The molecule has 0 fully saturated rings. The summed E-state index contributed by atoms with van der Waals surface area (Å²) in [5.41, 5.74) is 0. The van der Waals surface area contributed by atoms with Crippen LogP contribution in [0.15, 0.2) is 0 Å². The van der Waals surface area contributed by atoms with E-state index in [0.29, 0.717) is 19.3 Å². The molecule has 0 aromatic heterocycles. The number of carbonyl (C=O) groups excluding carboxylic acids is 1. The molecule has 0 aliphatic rings. The summed E-state index contributed by atoms with van der Waals surface area (Å²) >= 11 is 0. The van der Waals surface area contributed by atoms with E-state index in [1.54, 1.807) is 0 Å². The van der Waals surface area contributed by atoms with Gasteiger partial charge in [0.25, 0.3) is 0 Å². The van der Waals surface area contributed by atoms with Crippen LogP contribution in [0.1, 0.15) is 26.2 Å². The molecule has 0 aromatic rings. The van der Waals surface area contributed by atoms with Crippen molar-refractivity contribution < 1.29 is 19.1 Å². The Morgan fingerprint density at radius 1 is 1.36 bits per heavy atom. The average Bonchev–Trinajstić information content (AvgIpc) is 1.78. The summed E-state index contributed by atoms with van der Waals surface area (Å²) in [6.07, 6.45) is 1.30. The monoisotopic (exact) mass is 180 g/mol. The van der Waals surface area contributed by atoms with E-state index in [2.05, 4.69) is 0 Å². The van der Waals surface area contributed by atoms with Gasteiger partial charge < -0.3 is 14.6 Å². The molecule has 0 atom stereocenters. The van der Waals surface area contributed by atoms with Gasteiger partial charge in [-0.2, -0.15) is 0 Å². The highest BCUT2D eigenvalue weighted by Crippen LogP contribution is 2.35. The van der Waals surface area contributed by atoms with Crippen LogP contribution in [0.4, 0.5) is 0 Å². The van der Waals surface area contributed by atoms with Gasteiger partial charge >= 0.3 is 7.60 Å². The predicted molar refractivity (Wildman–Crippen MR) is 41.4 cm³/mol. The van der Waals surface area contributed by atoms with Gasteiger partial charge in [-0.25, -0.2) is 0 Å². The molecule has 0 unspecified atom stereocenters. The Bertz CT molecular complexity index is 171. The Morgan fingerprint density at radius 2 is 1.91 bits per heavy atom. The van der Waals surface area contributed by atoms with Crippen molar-refractivity contribution in [2.75, 3.05) is 6.16 Å². The van der Waals surface area contributed by atoms with Crippen LogP contribution in [0.3, 0.4) is 0 Å². The quantitative estimate of drug-likeness (QED) is 0.487. The lowest BCUT2D eigenvalue weighted by Crippen LogP contribution is -1.92. The van der Waals surface area contributed by atoms with Crippen molar-refractivity contribution >= 4 is 13.4 Å². The third kappa shape index (κ3) is 9.82. The summed E-state index contributed by atoms with van der Waals surface area (Å²) in [5.74, 6) is 0.0655. The number of hydrogen-bond acceptors (Lipinski definition) is 2. The summed E-state index contributed by atoms with van der Waals surface area (Å²) in [6, 6.07) is 0. The van der Waals surface area contributed by atoms with Gasteiger partial charge in [0.15, 0.2) is 0 Å². The van der Waals surface area contributed by atoms with Gasteiger partial charge in [0, 0.05) is 12.6 Å². The maximum Gasteiger partial charge on any atom is 0.325 e. The Labute approximate surface area is 65.8 Å². The molecule has 0 saturated carbocycles. The van der Waals surface area contributed by atoms with E-state index < -0.39 is 7.60 Å². The Balaban J connectivity index is 3.29. The van der Waals surface area contributed by atoms with E-state index in [-0.39, 0.29) is 11.9 Å². The SMILES string of the molecule is CC(=O)CCCCP(=O)(O)O. The number of Topliss-reactive ketones (excluding diaryl/α,β-unsaturated/α-hetero) is 1. The zero-order valence-corrected chi connectivity index (χ0v) is 7.38. The fraction of sp³-hybridized carbons (Fsp3) is 0.833. The Hall–Kier alpha value is -0.180. The zero-order valence-electron chi connectivity index (χ0n) is 6.49. The van der Waals surface area contributed by atoms with Crippen LogP contribution in [-0.4, -0.2) is 21.7 Å². The number of hydrogen-bond donors (Lipinski definition) is 2. The van der Waals surface area contributed by atoms with Crippen LogP contribution < -0.4 is 0 Å². The Kier molecular flexibility index (Phi) is 4.57. The highest BCUT2D eigenvalue weighted by molar-refractivity contribution is 7.51. The molecule has 4 nitrogen and oxygen atoms in total. The summed E-state index contributed by atoms with van der Waals surface area (Å²) in [4.78, 5) is 27.2. The van der Waals surface area contributed by atoms with Crippen LogP contribution in [0.5, 0.6) is 0 Å². The molecule has 0 spiro atoms. The third-order valence-corrected chi connectivity index (χ3v) is 2.13. The number of rotatable bonds is 5. The molecule has 2 N–H and O–H groups in total. The van der Waals surface area contributed by atoms with Gasteiger partial charge in [-0.05, 0) is 19.8 Å². The van der Waals surface area contributed by atoms with E-state index in [1.807, 2.05) is 0 Å². The standard InChI is InChI=1S/C6H13O4P/c1-6(7)4-2-3-5-11(8,9)10/h2-5H2,1H3,(H2,8,9,10). The van der Waals surface area contributed by atoms with Gasteiger partial charge in [-0.3, -0.25) is 4.57 Å². The first kappa shape index (κ1) is 10.8. The van der Waals surface area contributed by atoms with Crippen molar-refractivity contribution in [1.29, 1.82) is 0 Å². The van der Waals surface area contributed by atoms with Gasteiger partial charge in [0.2, 0.25) is 0 Å².